The zero-order valence-corrected chi connectivity index (χ0v) is 17.5. The molecule has 0 saturated heterocycles. The number of nitrogen functional groups attached to an aromatic ring is 1. The third-order valence-corrected chi connectivity index (χ3v) is 5.24. The van der Waals surface area contributed by atoms with Gasteiger partial charge in [-0.2, -0.15) is 0 Å². The maximum absolute atomic E-state index is 12.7. The number of nitrogens with two attached hydrogens (primary N) is 1. The molecule has 164 valence electrons. The number of benzene rings is 2. The Morgan fingerprint density at radius 3 is 2.34 bits per heavy atom. The van der Waals surface area contributed by atoms with Crippen molar-refractivity contribution in [2.45, 2.75) is 19.4 Å². The molecule has 0 fully saturated rings. The number of hydrogen-bond acceptors (Lipinski definition) is 4. The van der Waals surface area contributed by atoms with Gasteiger partial charge in [0.2, 0.25) is 5.56 Å². The first-order valence-electron chi connectivity index (χ1n) is 10.0. The van der Waals surface area contributed by atoms with Crippen molar-refractivity contribution in [3.05, 3.63) is 93.9 Å². The topological polar surface area (TPSA) is 149 Å². The zero-order chi connectivity index (χ0) is 23.3. The highest BCUT2D eigenvalue weighted by atomic mass is 16.4. The Hall–Kier alpha value is -4.20. The first-order chi connectivity index (χ1) is 15.2. The molecule has 8 heteroatoms. The Balaban J connectivity index is 1.70. The van der Waals surface area contributed by atoms with Gasteiger partial charge in [-0.3, -0.25) is 19.8 Å². The van der Waals surface area contributed by atoms with E-state index in [1.165, 1.54) is 6.07 Å². The van der Waals surface area contributed by atoms with Crippen LogP contribution in [0, 0.1) is 11.3 Å². The number of carbonyl (C=O) groups is 2. The van der Waals surface area contributed by atoms with Crippen molar-refractivity contribution < 1.29 is 14.7 Å². The van der Waals surface area contributed by atoms with Crippen LogP contribution in [-0.4, -0.2) is 33.8 Å². The molecule has 6 N–H and O–H groups in total. The van der Waals surface area contributed by atoms with Crippen LogP contribution in [0.4, 0.5) is 0 Å². The van der Waals surface area contributed by atoms with E-state index < -0.39 is 17.9 Å². The molecular formula is C24H24N4O4. The summed E-state index contributed by atoms with van der Waals surface area (Å²) in [6.45, 7) is 1.65. The molecule has 0 aliphatic rings. The Labute approximate surface area is 184 Å². The van der Waals surface area contributed by atoms with Gasteiger partial charge in [0.25, 0.3) is 5.91 Å². The molecule has 0 unspecified atom stereocenters. The third-order valence-electron chi connectivity index (χ3n) is 5.24. The van der Waals surface area contributed by atoms with Crippen LogP contribution in [0.15, 0.2) is 71.7 Å². The summed E-state index contributed by atoms with van der Waals surface area (Å²) in [6.07, 6.45) is 1.78. The Kier molecular flexibility index (Phi) is 6.84. The maximum Gasteiger partial charge on any atom is 0.308 e. The average molecular weight is 432 g/mol. The highest BCUT2D eigenvalue weighted by Gasteiger charge is 2.27. The average Bonchev–Trinajstić information content (AvgIpc) is 2.78. The minimum Gasteiger partial charge on any atom is -0.481 e. The van der Waals surface area contributed by atoms with E-state index >= 15 is 0 Å². The summed E-state index contributed by atoms with van der Waals surface area (Å²) in [5.74, 6) is -2.36. The van der Waals surface area contributed by atoms with Gasteiger partial charge in [0, 0.05) is 29.4 Å². The van der Waals surface area contributed by atoms with Gasteiger partial charge in [0.05, 0.1) is 5.92 Å². The molecule has 0 aliphatic carbocycles. The molecule has 3 rings (SSSR count). The molecule has 0 bridgehead atoms. The molecule has 0 spiro atoms. The van der Waals surface area contributed by atoms with Gasteiger partial charge in [-0.1, -0.05) is 30.3 Å². The molecule has 1 amide bonds. The van der Waals surface area contributed by atoms with Crippen molar-refractivity contribution in [3.63, 3.8) is 0 Å². The van der Waals surface area contributed by atoms with E-state index in [9.17, 15) is 19.5 Å². The van der Waals surface area contributed by atoms with E-state index in [0.29, 0.717) is 11.1 Å². The second-order valence-corrected chi connectivity index (χ2v) is 7.54. The highest BCUT2D eigenvalue weighted by Crippen LogP contribution is 2.19. The highest BCUT2D eigenvalue weighted by molar-refractivity contribution is 5.95. The van der Waals surface area contributed by atoms with Crippen molar-refractivity contribution in [3.8, 4) is 11.1 Å². The fraction of sp³-hybridized carbons (Fsp3) is 0.167. The van der Waals surface area contributed by atoms with E-state index in [1.807, 2.05) is 0 Å². The minimum absolute atomic E-state index is 0.0922. The van der Waals surface area contributed by atoms with Gasteiger partial charge < -0.3 is 21.1 Å². The number of rotatable bonds is 8. The summed E-state index contributed by atoms with van der Waals surface area (Å²) in [5.41, 5.74) is 8.59. The molecule has 2 atom stereocenters. The van der Waals surface area contributed by atoms with E-state index in [0.717, 1.165) is 16.7 Å². The third kappa shape index (κ3) is 5.48. The summed E-state index contributed by atoms with van der Waals surface area (Å²) >= 11 is 0. The Morgan fingerprint density at radius 2 is 1.75 bits per heavy atom. The smallest absolute Gasteiger partial charge is 0.308 e. The lowest BCUT2D eigenvalue weighted by atomic mass is 9.92. The molecule has 3 aromatic rings. The number of H-pyrrole nitrogens is 1. The first-order valence-corrected chi connectivity index (χ1v) is 10.0. The quantitative estimate of drug-likeness (QED) is 0.274. The standard InChI is InChI=1S/C24H24N4O4/c1-14(20(24(31)32)12-15-3-2-4-18(11-15)22(25)26)28-23(30)17-7-5-16(6-8-17)19-9-10-21(29)27-13-19/h2-11,13-14,20H,12H2,1H3,(H3,25,26)(H,27,29)(H,28,30)(H,31,32)/t14-,20-/m1/s1. The number of aromatic amines is 1. The maximum atomic E-state index is 12.7. The summed E-state index contributed by atoms with van der Waals surface area (Å²) in [6, 6.07) is 16.1. The van der Waals surface area contributed by atoms with Gasteiger partial charge in [0.15, 0.2) is 0 Å². The molecular weight excluding hydrogens is 408 g/mol. The first kappa shape index (κ1) is 22.5. The number of nitrogens with one attached hydrogen (secondary N) is 3. The molecule has 0 saturated carbocycles. The molecule has 0 aliphatic heterocycles. The van der Waals surface area contributed by atoms with Gasteiger partial charge in [-0.15, -0.1) is 0 Å². The van der Waals surface area contributed by atoms with Gasteiger partial charge in [-0.05, 0) is 54.3 Å². The number of pyridine rings is 1. The number of carboxylic acids is 1. The predicted molar refractivity (Wildman–Crippen MR) is 122 cm³/mol. The van der Waals surface area contributed by atoms with Crippen LogP contribution in [0.3, 0.4) is 0 Å². The van der Waals surface area contributed by atoms with Crippen LogP contribution >= 0.6 is 0 Å². The molecule has 1 aromatic heterocycles. The summed E-state index contributed by atoms with van der Waals surface area (Å²) in [5, 5.41) is 20.0. The van der Waals surface area contributed by atoms with Crippen molar-refractivity contribution >= 4 is 17.7 Å². The van der Waals surface area contributed by atoms with Crippen LogP contribution in [-0.2, 0) is 11.2 Å². The summed E-state index contributed by atoms with van der Waals surface area (Å²) < 4.78 is 0. The largest absolute Gasteiger partial charge is 0.481 e. The molecule has 32 heavy (non-hydrogen) atoms. The minimum atomic E-state index is -1.03. The molecule has 1 heterocycles. The fourth-order valence-corrected chi connectivity index (χ4v) is 3.39. The summed E-state index contributed by atoms with van der Waals surface area (Å²) in [7, 11) is 0. The molecule has 8 nitrogen and oxygen atoms in total. The normalized spacial score (nSPS) is 12.5. The summed E-state index contributed by atoms with van der Waals surface area (Å²) in [4.78, 5) is 38.3. The van der Waals surface area contributed by atoms with Gasteiger partial charge in [-0.25, -0.2) is 0 Å². The number of amidine groups is 1. The number of aromatic nitrogens is 1. The van der Waals surface area contributed by atoms with Crippen LogP contribution in [0.1, 0.15) is 28.4 Å². The number of carbonyl (C=O) groups excluding carboxylic acids is 1. The predicted octanol–water partition coefficient (Wildman–Crippen LogP) is 2.39. The van der Waals surface area contributed by atoms with Gasteiger partial charge >= 0.3 is 5.97 Å². The monoisotopic (exact) mass is 432 g/mol. The van der Waals surface area contributed by atoms with Crippen molar-refractivity contribution in [2.75, 3.05) is 0 Å². The molecule has 2 aromatic carbocycles. The Bertz CT molecular complexity index is 1180. The van der Waals surface area contributed by atoms with Crippen molar-refractivity contribution in [1.82, 2.24) is 10.3 Å². The Morgan fingerprint density at radius 1 is 1.06 bits per heavy atom. The van der Waals surface area contributed by atoms with E-state index in [2.05, 4.69) is 10.3 Å². The number of carboxylic acid groups (broad SMARTS) is 1. The SMILES string of the molecule is C[C@@H](NC(=O)c1ccc(-c2ccc(=O)[nH]c2)cc1)[C@@H](Cc1cccc(C(=N)N)c1)C(=O)O. The second kappa shape index (κ2) is 9.74. The second-order valence-electron chi connectivity index (χ2n) is 7.54. The fourth-order valence-electron chi connectivity index (χ4n) is 3.39. The van der Waals surface area contributed by atoms with Crippen LogP contribution in [0.25, 0.3) is 11.1 Å². The lowest BCUT2D eigenvalue weighted by Crippen LogP contribution is -2.42. The van der Waals surface area contributed by atoms with Gasteiger partial charge in [0.1, 0.15) is 5.84 Å². The van der Waals surface area contributed by atoms with Crippen LogP contribution in [0.5, 0.6) is 0 Å². The van der Waals surface area contributed by atoms with Crippen molar-refractivity contribution in [2.24, 2.45) is 11.7 Å². The van der Waals surface area contributed by atoms with Crippen LogP contribution in [0.2, 0.25) is 0 Å². The van der Waals surface area contributed by atoms with E-state index in [1.54, 1.807) is 67.7 Å². The zero-order valence-electron chi connectivity index (χ0n) is 17.5. The van der Waals surface area contributed by atoms with E-state index in [4.69, 9.17) is 11.1 Å². The van der Waals surface area contributed by atoms with E-state index in [-0.39, 0.29) is 23.7 Å². The van der Waals surface area contributed by atoms with Crippen LogP contribution < -0.4 is 16.6 Å². The van der Waals surface area contributed by atoms with Crippen molar-refractivity contribution in [1.29, 1.82) is 5.41 Å². The number of hydrogen-bond donors (Lipinski definition) is 5. The lowest BCUT2D eigenvalue weighted by Gasteiger charge is -2.22. The number of aliphatic carboxylic acids is 1. The lowest BCUT2D eigenvalue weighted by molar-refractivity contribution is -0.142. The number of amides is 1. The molecule has 0 radical (unpaired) electrons.